The quantitative estimate of drug-likeness (QED) is 0.662. The molecule has 1 aromatic rings. The van der Waals surface area contributed by atoms with Crippen LogP contribution in [-0.2, 0) is 6.54 Å². The second-order valence-corrected chi connectivity index (χ2v) is 2.48. The summed E-state index contributed by atoms with van der Waals surface area (Å²) in [5, 5.41) is 7.49. The summed E-state index contributed by atoms with van der Waals surface area (Å²) in [6, 6.07) is 0. The molecular weight excluding hydrogens is 217 g/mol. The predicted octanol–water partition coefficient (Wildman–Crippen LogP) is 0.903. The molecule has 44 valence electrons. The van der Waals surface area contributed by atoms with Crippen molar-refractivity contribution in [3.63, 3.8) is 0 Å². The molecule has 0 N–H and O–H groups in total. The molecule has 0 amide bonds. The van der Waals surface area contributed by atoms with Crippen molar-refractivity contribution in [2.45, 2.75) is 13.5 Å². The van der Waals surface area contributed by atoms with Crippen LogP contribution in [0.5, 0.6) is 0 Å². The van der Waals surface area contributed by atoms with Gasteiger partial charge in [-0.3, -0.25) is 0 Å². The van der Waals surface area contributed by atoms with E-state index in [0.29, 0.717) is 0 Å². The third-order valence-electron chi connectivity index (χ3n) is 0.870. The van der Waals surface area contributed by atoms with E-state index in [1.54, 1.807) is 6.20 Å². The lowest BCUT2D eigenvalue weighted by atomic mass is 10.7. The van der Waals surface area contributed by atoms with E-state index in [2.05, 4.69) is 32.9 Å². The van der Waals surface area contributed by atoms with Crippen LogP contribution in [0, 0.1) is 3.70 Å². The lowest BCUT2D eigenvalue weighted by Crippen LogP contribution is -1.97. The van der Waals surface area contributed by atoms with Crippen LogP contribution in [0.3, 0.4) is 0 Å². The van der Waals surface area contributed by atoms with Crippen LogP contribution < -0.4 is 0 Å². The lowest BCUT2D eigenvalue weighted by Gasteiger charge is -1.90. The highest BCUT2D eigenvalue weighted by Gasteiger charge is 1.92. The zero-order chi connectivity index (χ0) is 5.98. The van der Waals surface area contributed by atoms with Gasteiger partial charge in [0.05, 0.1) is 6.20 Å². The van der Waals surface area contributed by atoms with Crippen molar-refractivity contribution in [1.82, 2.24) is 15.0 Å². The van der Waals surface area contributed by atoms with Crippen molar-refractivity contribution in [1.29, 1.82) is 0 Å². The maximum Gasteiger partial charge on any atom is 0.119 e. The minimum absolute atomic E-state index is 0.901. The summed E-state index contributed by atoms with van der Waals surface area (Å²) in [6.45, 7) is 2.94. The van der Waals surface area contributed by atoms with Gasteiger partial charge in [0, 0.05) is 6.54 Å². The van der Waals surface area contributed by atoms with Crippen LogP contribution in [-0.4, -0.2) is 15.0 Å². The Kier molecular flexibility index (Phi) is 1.82. The predicted molar refractivity (Wildman–Crippen MR) is 38.4 cm³/mol. The zero-order valence-electron chi connectivity index (χ0n) is 4.50. The van der Waals surface area contributed by atoms with Crippen molar-refractivity contribution in [3.05, 3.63) is 9.90 Å². The molecule has 0 bridgehead atoms. The van der Waals surface area contributed by atoms with Gasteiger partial charge in [0.25, 0.3) is 0 Å². The second kappa shape index (κ2) is 2.43. The molecule has 3 nitrogen and oxygen atoms in total. The number of halogens is 1. The van der Waals surface area contributed by atoms with E-state index in [-0.39, 0.29) is 0 Å². The zero-order valence-corrected chi connectivity index (χ0v) is 6.66. The normalized spacial score (nSPS) is 9.75. The third-order valence-corrected chi connectivity index (χ3v) is 1.71. The number of aromatic nitrogens is 3. The van der Waals surface area contributed by atoms with Crippen LogP contribution in [0.25, 0.3) is 0 Å². The van der Waals surface area contributed by atoms with E-state index in [9.17, 15) is 0 Å². The standard InChI is InChI=1S/C4H6IN3/c1-2-8-4(5)3-6-7-8/h3H,2H2,1H3. The highest BCUT2D eigenvalue weighted by atomic mass is 127. The first-order chi connectivity index (χ1) is 3.84. The molecule has 0 aliphatic heterocycles. The molecule has 0 saturated carbocycles. The molecular formula is C4H6IN3. The van der Waals surface area contributed by atoms with Gasteiger partial charge >= 0.3 is 0 Å². The SMILES string of the molecule is CCn1nncc1I. The van der Waals surface area contributed by atoms with Gasteiger partial charge in [-0.2, -0.15) is 0 Å². The Hall–Kier alpha value is -0.130. The monoisotopic (exact) mass is 223 g/mol. The number of nitrogens with zero attached hydrogens (tertiary/aromatic N) is 3. The molecule has 0 aliphatic carbocycles. The minimum Gasteiger partial charge on any atom is -0.239 e. The van der Waals surface area contributed by atoms with Crippen molar-refractivity contribution >= 4 is 22.6 Å². The van der Waals surface area contributed by atoms with E-state index in [4.69, 9.17) is 0 Å². The average molecular weight is 223 g/mol. The fourth-order valence-corrected chi connectivity index (χ4v) is 1.02. The van der Waals surface area contributed by atoms with Gasteiger partial charge in [-0.15, -0.1) is 5.10 Å². The van der Waals surface area contributed by atoms with Gasteiger partial charge in [0.2, 0.25) is 0 Å². The Morgan fingerprint density at radius 3 is 2.88 bits per heavy atom. The van der Waals surface area contributed by atoms with Crippen LogP contribution in [0.2, 0.25) is 0 Å². The lowest BCUT2D eigenvalue weighted by molar-refractivity contribution is 0.614. The highest BCUT2D eigenvalue weighted by Crippen LogP contribution is 1.98. The largest absolute Gasteiger partial charge is 0.239 e. The van der Waals surface area contributed by atoms with Gasteiger partial charge < -0.3 is 0 Å². The second-order valence-electron chi connectivity index (χ2n) is 1.37. The Morgan fingerprint density at radius 2 is 2.62 bits per heavy atom. The van der Waals surface area contributed by atoms with E-state index < -0.39 is 0 Å². The molecule has 1 heterocycles. The summed E-state index contributed by atoms with van der Waals surface area (Å²) < 4.78 is 2.92. The van der Waals surface area contributed by atoms with Crippen molar-refractivity contribution < 1.29 is 0 Å². The van der Waals surface area contributed by atoms with E-state index in [0.717, 1.165) is 10.2 Å². The highest BCUT2D eigenvalue weighted by molar-refractivity contribution is 14.1. The van der Waals surface area contributed by atoms with E-state index in [1.807, 2.05) is 11.6 Å². The third kappa shape index (κ3) is 0.988. The average Bonchev–Trinajstić information content (AvgIpc) is 2.14. The van der Waals surface area contributed by atoms with E-state index in [1.165, 1.54) is 0 Å². The molecule has 1 aromatic heterocycles. The maximum absolute atomic E-state index is 3.79. The Labute approximate surface area is 61.2 Å². The van der Waals surface area contributed by atoms with Gasteiger partial charge in [-0.1, -0.05) is 5.21 Å². The maximum atomic E-state index is 3.79. The summed E-state index contributed by atoms with van der Waals surface area (Å²) in [6.07, 6.45) is 1.74. The van der Waals surface area contributed by atoms with Crippen LogP contribution >= 0.6 is 22.6 Å². The molecule has 0 unspecified atom stereocenters. The van der Waals surface area contributed by atoms with Crippen molar-refractivity contribution in [2.75, 3.05) is 0 Å². The molecule has 4 heteroatoms. The molecule has 0 atom stereocenters. The summed E-state index contributed by atoms with van der Waals surface area (Å²) in [4.78, 5) is 0. The van der Waals surface area contributed by atoms with Gasteiger partial charge in [0.15, 0.2) is 0 Å². The minimum atomic E-state index is 0.901. The smallest absolute Gasteiger partial charge is 0.119 e. The number of rotatable bonds is 1. The molecule has 0 spiro atoms. The Bertz CT molecular complexity index is 172. The number of hydrogen-bond acceptors (Lipinski definition) is 2. The molecule has 1 rings (SSSR count). The van der Waals surface area contributed by atoms with Crippen LogP contribution in [0.1, 0.15) is 6.92 Å². The number of hydrogen-bond donors (Lipinski definition) is 0. The summed E-state index contributed by atoms with van der Waals surface area (Å²) in [5.41, 5.74) is 0. The van der Waals surface area contributed by atoms with Gasteiger partial charge in [-0.05, 0) is 29.5 Å². The van der Waals surface area contributed by atoms with Gasteiger partial charge in [0.1, 0.15) is 3.70 Å². The summed E-state index contributed by atoms with van der Waals surface area (Å²) in [5.74, 6) is 0. The fraction of sp³-hybridized carbons (Fsp3) is 0.500. The van der Waals surface area contributed by atoms with E-state index >= 15 is 0 Å². The summed E-state index contributed by atoms with van der Waals surface area (Å²) >= 11 is 2.19. The van der Waals surface area contributed by atoms with Crippen LogP contribution in [0.15, 0.2) is 6.20 Å². The molecule has 0 fully saturated rings. The fourth-order valence-electron chi connectivity index (χ4n) is 0.459. The Balaban J connectivity index is 2.92. The molecule has 0 aliphatic rings. The molecule has 0 saturated heterocycles. The first kappa shape index (κ1) is 6.00. The molecule has 0 aromatic carbocycles. The first-order valence-electron chi connectivity index (χ1n) is 2.38. The van der Waals surface area contributed by atoms with Crippen LogP contribution in [0.4, 0.5) is 0 Å². The topological polar surface area (TPSA) is 30.7 Å². The Morgan fingerprint density at radius 1 is 1.88 bits per heavy atom. The number of aryl methyl sites for hydroxylation is 1. The molecule has 0 radical (unpaired) electrons. The van der Waals surface area contributed by atoms with Gasteiger partial charge in [-0.25, -0.2) is 4.68 Å². The van der Waals surface area contributed by atoms with Crippen molar-refractivity contribution in [2.24, 2.45) is 0 Å². The van der Waals surface area contributed by atoms with Crippen molar-refractivity contribution in [3.8, 4) is 0 Å². The summed E-state index contributed by atoms with van der Waals surface area (Å²) in [7, 11) is 0. The first-order valence-corrected chi connectivity index (χ1v) is 3.46. The molecule has 8 heavy (non-hydrogen) atoms.